The summed E-state index contributed by atoms with van der Waals surface area (Å²) in [7, 11) is 1.65. The van der Waals surface area contributed by atoms with Crippen molar-refractivity contribution in [2.75, 3.05) is 94.8 Å². The number of ether oxygens (including phenoxy) is 2. The van der Waals surface area contributed by atoms with E-state index in [4.69, 9.17) is 9.47 Å². The van der Waals surface area contributed by atoms with E-state index in [1.54, 1.807) is 38.2 Å². The van der Waals surface area contributed by atoms with Gasteiger partial charge in [0, 0.05) is 106 Å². The third-order valence-corrected chi connectivity index (χ3v) is 17.3. The van der Waals surface area contributed by atoms with Crippen molar-refractivity contribution in [1.82, 2.24) is 30.7 Å². The molecular formula is C62H78F3N9O8. The molecule has 0 aliphatic carbocycles. The molecule has 9 rings (SSSR count). The minimum atomic E-state index is -1.40. The molecule has 0 radical (unpaired) electrons. The summed E-state index contributed by atoms with van der Waals surface area (Å²) in [4.78, 5) is 92.2. The van der Waals surface area contributed by atoms with E-state index in [0.717, 1.165) is 60.7 Å². The van der Waals surface area contributed by atoms with Crippen molar-refractivity contribution in [3.05, 3.63) is 124 Å². The van der Waals surface area contributed by atoms with E-state index in [0.29, 0.717) is 76.2 Å². The second-order valence-corrected chi connectivity index (χ2v) is 23.3. The van der Waals surface area contributed by atoms with E-state index in [1.165, 1.54) is 29.2 Å². The Bertz CT molecular complexity index is 2960. The third-order valence-electron chi connectivity index (χ3n) is 17.3. The first-order valence-corrected chi connectivity index (χ1v) is 28.9. The van der Waals surface area contributed by atoms with Crippen LogP contribution in [-0.4, -0.2) is 153 Å². The SMILES string of the molecule is CN[C@@H](C)C(=O)C[C@H](C(=O)N1Cc2ccc(NC(=O)CC(=O)NCCCC3(C)CN(C(=O)CN4C[C@@H](C)NC[C@@H]4CN4CCOC[C@H]4C)c4cc(Cc5ccc(F)cc5)ccc43)cc2[C@H]1C(=O)Nc1c(F)cccc1F)C1CCOCC1. The highest BCUT2D eigenvalue weighted by Gasteiger charge is 2.45. The maximum absolute atomic E-state index is 15.0. The molecule has 82 heavy (non-hydrogen) atoms. The molecule has 20 heteroatoms. The van der Waals surface area contributed by atoms with Crippen molar-refractivity contribution in [3.63, 3.8) is 0 Å². The lowest BCUT2D eigenvalue weighted by molar-refractivity contribution is -0.146. The van der Waals surface area contributed by atoms with Crippen LogP contribution in [0.1, 0.15) is 100 Å². The lowest BCUT2D eigenvalue weighted by atomic mass is 9.80. The Morgan fingerprint density at radius 1 is 0.854 bits per heavy atom. The molecule has 1 unspecified atom stereocenters. The Labute approximate surface area is 478 Å². The molecule has 0 bridgehead atoms. The van der Waals surface area contributed by atoms with Crippen LogP contribution in [0.5, 0.6) is 0 Å². The van der Waals surface area contributed by atoms with E-state index >= 15 is 0 Å². The highest BCUT2D eigenvalue weighted by molar-refractivity contribution is 6.04. The Morgan fingerprint density at radius 2 is 1.60 bits per heavy atom. The van der Waals surface area contributed by atoms with Crippen molar-refractivity contribution in [2.24, 2.45) is 11.8 Å². The molecule has 5 aliphatic heterocycles. The Kier molecular flexibility index (Phi) is 19.6. The summed E-state index contributed by atoms with van der Waals surface area (Å²) in [6, 6.07) is 19.3. The third kappa shape index (κ3) is 14.3. The van der Waals surface area contributed by atoms with Crippen molar-refractivity contribution in [2.45, 2.75) is 115 Å². The summed E-state index contributed by atoms with van der Waals surface area (Å²) < 4.78 is 55.1. The predicted molar refractivity (Wildman–Crippen MR) is 305 cm³/mol. The van der Waals surface area contributed by atoms with Crippen molar-refractivity contribution in [1.29, 1.82) is 0 Å². The van der Waals surface area contributed by atoms with Gasteiger partial charge in [0.05, 0.1) is 25.8 Å². The Hall–Kier alpha value is -6.55. The quantitative estimate of drug-likeness (QED) is 0.0467. The van der Waals surface area contributed by atoms with Crippen LogP contribution < -0.4 is 31.5 Å². The van der Waals surface area contributed by atoms with Crippen LogP contribution in [0.4, 0.5) is 30.2 Å². The maximum atomic E-state index is 15.0. The maximum Gasteiger partial charge on any atom is 0.252 e. The van der Waals surface area contributed by atoms with Crippen molar-refractivity contribution in [3.8, 4) is 0 Å². The summed E-state index contributed by atoms with van der Waals surface area (Å²) in [6.07, 6.45) is 2.12. The summed E-state index contributed by atoms with van der Waals surface area (Å²) in [6.45, 7) is 14.4. The number of benzene rings is 4. The van der Waals surface area contributed by atoms with Crippen LogP contribution in [0.3, 0.4) is 0 Å². The van der Waals surface area contributed by atoms with Gasteiger partial charge in [0.25, 0.3) is 5.91 Å². The number of carbonyl (C=O) groups excluding carboxylic acids is 6. The minimum Gasteiger partial charge on any atom is -0.381 e. The highest BCUT2D eigenvalue weighted by Crippen LogP contribution is 2.45. The second-order valence-electron chi connectivity index (χ2n) is 23.3. The Balaban J connectivity index is 0.855. The minimum absolute atomic E-state index is 0.00523. The number of ketones is 1. The number of halogens is 3. The fourth-order valence-corrected chi connectivity index (χ4v) is 12.5. The number of hydrogen-bond acceptors (Lipinski definition) is 12. The van der Waals surface area contributed by atoms with Crippen molar-refractivity contribution >= 4 is 52.4 Å². The van der Waals surface area contributed by atoms with Gasteiger partial charge in [-0.25, -0.2) is 13.2 Å². The summed E-state index contributed by atoms with van der Waals surface area (Å²) in [5, 5.41) is 14.6. The number of piperazine rings is 1. The number of rotatable bonds is 21. The fourth-order valence-electron chi connectivity index (χ4n) is 12.5. The number of para-hydroxylation sites is 1. The van der Waals surface area contributed by atoms with Gasteiger partial charge in [0.1, 0.15) is 41.4 Å². The molecule has 3 fully saturated rings. The van der Waals surface area contributed by atoms with Gasteiger partial charge >= 0.3 is 0 Å². The van der Waals surface area contributed by atoms with Gasteiger partial charge < -0.3 is 45.9 Å². The number of Topliss-reactive ketones (excluding diaryl/α,β-unsaturated/α-hetero) is 1. The number of hydrogen-bond donors (Lipinski definition) is 5. The molecule has 5 aliphatic rings. The average Bonchev–Trinajstić information content (AvgIpc) is 3.17. The summed E-state index contributed by atoms with van der Waals surface area (Å²) in [5.74, 6) is -6.09. The van der Waals surface area contributed by atoms with Gasteiger partial charge in [-0.2, -0.15) is 0 Å². The largest absolute Gasteiger partial charge is 0.381 e. The average molecular weight is 1130 g/mol. The van der Waals surface area contributed by atoms with Crippen LogP contribution in [0, 0.1) is 29.3 Å². The number of morpholine rings is 1. The van der Waals surface area contributed by atoms with Crippen LogP contribution in [0.25, 0.3) is 0 Å². The second kappa shape index (κ2) is 26.8. The molecule has 0 spiro atoms. The number of amides is 5. The van der Waals surface area contributed by atoms with Gasteiger partial charge in [-0.3, -0.25) is 38.6 Å². The molecule has 3 saturated heterocycles. The molecule has 4 aromatic rings. The van der Waals surface area contributed by atoms with Crippen LogP contribution in [0.2, 0.25) is 0 Å². The number of fused-ring (bicyclic) bond motifs is 2. The van der Waals surface area contributed by atoms with E-state index in [2.05, 4.69) is 75.4 Å². The number of carbonyl (C=O) groups is 6. The molecule has 4 aromatic carbocycles. The highest BCUT2D eigenvalue weighted by atomic mass is 19.1. The fraction of sp³-hybridized carbons (Fsp3) is 0.516. The molecule has 5 amide bonds. The number of nitrogens with zero attached hydrogens (tertiary/aromatic N) is 4. The molecule has 5 N–H and O–H groups in total. The lowest BCUT2D eigenvalue weighted by Crippen LogP contribution is -2.62. The molecule has 7 atom stereocenters. The van der Waals surface area contributed by atoms with E-state index in [-0.39, 0.29) is 73.3 Å². The first kappa shape index (κ1) is 60.1. The zero-order valence-electron chi connectivity index (χ0n) is 47.7. The van der Waals surface area contributed by atoms with Crippen LogP contribution in [-0.2, 0) is 56.6 Å². The Morgan fingerprint density at radius 3 is 2.33 bits per heavy atom. The molecular weight excluding hydrogens is 1060 g/mol. The topological polar surface area (TPSA) is 194 Å². The van der Waals surface area contributed by atoms with E-state index in [9.17, 15) is 41.9 Å². The van der Waals surface area contributed by atoms with Gasteiger partial charge in [-0.1, -0.05) is 43.3 Å². The zero-order valence-corrected chi connectivity index (χ0v) is 47.7. The lowest BCUT2D eigenvalue weighted by Gasteiger charge is -2.43. The van der Waals surface area contributed by atoms with Crippen molar-refractivity contribution < 1.29 is 51.4 Å². The summed E-state index contributed by atoms with van der Waals surface area (Å²) in [5.41, 5.74) is 3.73. The van der Waals surface area contributed by atoms with Crippen LogP contribution in [0.15, 0.2) is 78.9 Å². The normalized spacial score (nSPS) is 22.9. The van der Waals surface area contributed by atoms with Crippen LogP contribution >= 0.6 is 0 Å². The monoisotopic (exact) mass is 1130 g/mol. The smallest absolute Gasteiger partial charge is 0.252 e. The summed E-state index contributed by atoms with van der Waals surface area (Å²) >= 11 is 0. The predicted octanol–water partition coefficient (Wildman–Crippen LogP) is 6.24. The van der Waals surface area contributed by atoms with Gasteiger partial charge in [-0.05, 0) is 136 Å². The first-order valence-electron chi connectivity index (χ1n) is 28.9. The van der Waals surface area contributed by atoms with Gasteiger partial charge in [-0.15, -0.1) is 0 Å². The van der Waals surface area contributed by atoms with Gasteiger partial charge in [0.2, 0.25) is 23.6 Å². The molecule has 440 valence electrons. The molecule has 5 heterocycles. The zero-order chi connectivity index (χ0) is 58.2. The van der Waals surface area contributed by atoms with Gasteiger partial charge in [0.15, 0.2) is 0 Å². The molecule has 0 saturated carbocycles. The number of likely N-dealkylation sites (N-methyl/N-ethyl adjacent to an activating group) is 1. The molecule has 17 nitrogen and oxygen atoms in total. The van der Waals surface area contributed by atoms with E-state index < -0.39 is 70.8 Å². The first-order chi connectivity index (χ1) is 39.4. The number of anilines is 3. The molecule has 0 aromatic heterocycles. The number of nitrogens with one attached hydrogen (secondary N) is 5. The standard InChI is InChI=1S/C62H78F3N9O8/c1-38-32-72(47(31-68-38)34-71-22-25-82-36-39(71)2)35-57(78)74-37-62(4,50-17-12-42(27-53(50)74)26-41-10-14-45(63)15-11-41)20-7-21-67-55(76)30-56(77)69-46-16-13-44-33-73(59(48(44)28-46)60(79)70-58-51(64)8-6-9-52(58)65)61(80)49(29-54(75)40(3)66-5)43-18-23-81-24-19-43/h6,8-17,27-28,38-40,43,47,49,59,66,68H,7,18-26,29-37H2,1-5H3,(H,67,76)(H,69,77)(H,70,79)/t38-,39-,40+,47-,49+,59+,62?/m1/s1. The van der Waals surface area contributed by atoms with E-state index in [1.807, 2.05) is 4.90 Å².